The van der Waals surface area contributed by atoms with Crippen molar-refractivity contribution in [3.8, 4) is 0 Å². The van der Waals surface area contributed by atoms with Crippen LogP contribution < -0.4 is 16.2 Å². The number of carbonyl (C=O) groups excluding carboxylic acids is 3. The topological polar surface area (TPSA) is 87.3 Å². The van der Waals surface area contributed by atoms with Crippen LogP contribution in [-0.2, 0) is 9.59 Å². The maximum Gasteiger partial charge on any atom is 0.265 e. The number of carbonyl (C=O) groups is 3. The molecule has 4 fully saturated rings. The molecule has 4 aliphatic carbocycles. The van der Waals surface area contributed by atoms with Gasteiger partial charge in [0, 0.05) is 0 Å². The standard InChI is InChI=1S/C24H27N3O3S/c28-21(19-7-4-8-31-19)25-20(18-5-2-1-3-6-18)22(29)26-27-23(30)24-12-15-9-16(13-24)11-17(10-15)14-24/h1-8,15-17,20H,9-14H2,(H,25,28)(H,26,29)(H,27,30)/t15?,16?,17?,20-,24?/m1/s1. The van der Waals surface area contributed by atoms with Crippen LogP contribution in [0, 0.1) is 23.2 Å². The van der Waals surface area contributed by atoms with Crippen molar-refractivity contribution in [3.63, 3.8) is 0 Å². The van der Waals surface area contributed by atoms with Crippen molar-refractivity contribution in [2.24, 2.45) is 23.2 Å². The number of benzene rings is 1. The summed E-state index contributed by atoms with van der Waals surface area (Å²) >= 11 is 1.32. The van der Waals surface area contributed by atoms with E-state index in [4.69, 9.17) is 0 Å². The summed E-state index contributed by atoms with van der Waals surface area (Å²) in [6.45, 7) is 0. The second kappa shape index (κ2) is 8.11. The zero-order valence-electron chi connectivity index (χ0n) is 17.3. The van der Waals surface area contributed by atoms with Crippen molar-refractivity contribution in [3.05, 3.63) is 58.3 Å². The van der Waals surface area contributed by atoms with Gasteiger partial charge >= 0.3 is 0 Å². The maximum absolute atomic E-state index is 13.2. The second-order valence-corrected chi connectivity index (χ2v) is 10.4. The Morgan fingerprint density at radius 2 is 1.52 bits per heavy atom. The van der Waals surface area contributed by atoms with Gasteiger partial charge in [-0.05, 0) is 73.3 Å². The third-order valence-corrected chi connectivity index (χ3v) is 8.10. The molecule has 162 valence electrons. The molecule has 1 aromatic carbocycles. The third-order valence-electron chi connectivity index (χ3n) is 7.23. The Balaban J connectivity index is 1.27. The summed E-state index contributed by atoms with van der Waals surface area (Å²) in [6.07, 6.45) is 6.55. The summed E-state index contributed by atoms with van der Waals surface area (Å²) in [7, 11) is 0. The first-order valence-corrected chi connectivity index (χ1v) is 11.9. The van der Waals surface area contributed by atoms with Crippen LogP contribution in [0.5, 0.6) is 0 Å². The predicted octanol–water partition coefficient (Wildman–Crippen LogP) is 3.58. The van der Waals surface area contributed by atoms with Gasteiger partial charge in [-0.15, -0.1) is 11.3 Å². The number of thiophene rings is 1. The second-order valence-electron chi connectivity index (χ2n) is 9.44. The molecule has 4 bridgehead atoms. The van der Waals surface area contributed by atoms with Crippen molar-refractivity contribution >= 4 is 29.1 Å². The van der Waals surface area contributed by atoms with Gasteiger partial charge in [0.25, 0.3) is 11.8 Å². The maximum atomic E-state index is 13.2. The molecule has 6 rings (SSSR count). The minimum atomic E-state index is -0.896. The minimum Gasteiger partial charge on any atom is -0.336 e. The predicted molar refractivity (Wildman–Crippen MR) is 118 cm³/mol. The number of amides is 3. The molecule has 0 aliphatic heterocycles. The molecule has 1 heterocycles. The summed E-state index contributed by atoms with van der Waals surface area (Å²) in [4.78, 5) is 39.3. The van der Waals surface area contributed by atoms with E-state index in [-0.39, 0.29) is 17.2 Å². The summed E-state index contributed by atoms with van der Waals surface area (Å²) in [5.74, 6) is 1.11. The lowest BCUT2D eigenvalue weighted by molar-refractivity contribution is -0.149. The Kier molecular flexibility index (Phi) is 5.30. The highest BCUT2D eigenvalue weighted by Gasteiger charge is 2.54. The van der Waals surface area contributed by atoms with Crippen LogP contribution in [0.4, 0.5) is 0 Å². The van der Waals surface area contributed by atoms with E-state index in [2.05, 4.69) is 16.2 Å². The molecule has 31 heavy (non-hydrogen) atoms. The Labute approximate surface area is 185 Å². The summed E-state index contributed by atoms with van der Waals surface area (Å²) in [5, 5.41) is 4.62. The molecule has 1 atom stereocenters. The monoisotopic (exact) mass is 437 g/mol. The van der Waals surface area contributed by atoms with Crippen LogP contribution in [0.25, 0.3) is 0 Å². The van der Waals surface area contributed by atoms with E-state index in [0.29, 0.717) is 28.2 Å². The molecule has 0 radical (unpaired) electrons. The fourth-order valence-corrected chi connectivity index (χ4v) is 6.89. The van der Waals surface area contributed by atoms with Crippen LogP contribution >= 0.6 is 11.3 Å². The molecule has 3 N–H and O–H groups in total. The Morgan fingerprint density at radius 1 is 0.871 bits per heavy atom. The van der Waals surface area contributed by atoms with E-state index in [1.54, 1.807) is 24.3 Å². The first-order chi connectivity index (χ1) is 15.0. The van der Waals surface area contributed by atoms with Gasteiger partial charge in [0.15, 0.2) is 0 Å². The lowest BCUT2D eigenvalue weighted by atomic mass is 9.49. The highest BCUT2D eigenvalue weighted by Crippen LogP contribution is 2.60. The molecule has 1 aromatic heterocycles. The number of hydrogen-bond donors (Lipinski definition) is 3. The average molecular weight is 438 g/mol. The molecule has 3 amide bonds. The molecule has 2 aromatic rings. The lowest BCUT2D eigenvalue weighted by Gasteiger charge is -2.55. The Morgan fingerprint density at radius 3 is 2.10 bits per heavy atom. The molecule has 7 heteroatoms. The molecule has 4 aliphatic rings. The van der Waals surface area contributed by atoms with Crippen LogP contribution in [0.3, 0.4) is 0 Å². The van der Waals surface area contributed by atoms with E-state index in [1.165, 1.54) is 30.6 Å². The zero-order valence-corrected chi connectivity index (χ0v) is 18.1. The van der Waals surface area contributed by atoms with E-state index >= 15 is 0 Å². The van der Waals surface area contributed by atoms with Gasteiger partial charge in [-0.1, -0.05) is 36.4 Å². The van der Waals surface area contributed by atoms with Crippen molar-refractivity contribution in [2.45, 2.75) is 44.6 Å². The molecule has 4 saturated carbocycles. The fourth-order valence-electron chi connectivity index (χ4n) is 6.27. The minimum absolute atomic E-state index is 0.0728. The number of nitrogens with one attached hydrogen (secondary N) is 3. The first-order valence-electron chi connectivity index (χ1n) is 11.0. The van der Waals surface area contributed by atoms with E-state index in [9.17, 15) is 14.4 Å². The van der Waals surface area contributed by atoms with Crippen molar-refractivity contribution < 1.29 is 14.4 Å². The first kappa shape index (κ1) is 20.2. The Hall–Kier alpha value is -2.67. The quantitative estimate of drug-likeness (QED) is 0.625. The molecule has 0 unspecified atom stereocenters. The fraction of sp³-hybridized carbons (Fsp3) is 0.458. The van der Waals surface area contributed by atoms with E-state index < -0.39 is 11.9 Å². The highest BCUT2D eigenvalue weighted by atomic mass is 32.1. The van der Waals surface area contributed by atoms with Gasteiger partial charge in [-0.3, -0.25) is 25.2 Å². The molecular formula is C24H27N3O3S. The number of hydrogen-bond acceptors (Lipinski definition) is 4. The number of rotatable bonds is 5. The smallest absolute Gasteiger partial charge is 0.265 e. The van der Waals surface area contributed by atoms with Crippen LogP contribution in [0.2, 0.25) is 0 Å². The van der Waals surface area contributed by atoms with E-state index in [1.807, 2.05) is 23.6 Å². The van der Waals surface area contributed by atoms with Crippen molar-refractivity contribution in [1.29, 1.82) is 0 Å². The molecular weight excluding hydrogens is 410 g/mol. The summed E-state index contributed by atoms with van der Waals surface area (Å²) in [6, 6.07) is 11.7. The lowest BCUT2D eigenvalue weighted by Crippen LogP contribution is -2.57. The summed E-state index contributed by atoms with van der Waals surface area (Å²) in [5.41, 5.74) is 5.64. The van der Waals surface area contributed by atoms with Crippen LogP contribution in [0.15, 0.2) is 47.8 Å². The summed E-state index contributed by atoms with van der Waals surface area (Å²) < 4.78 is 0. The van der Waals surface area contributed by atoms with Gasteiger partial charge in [0.2, 0.25) is 5.91 Å². The third kappa shape index (κ3) is 3.99. The number of hydrazine groups is 1. The van der Waals surface area contributed by atoms with Gasteiger partial charge in [-0.2, -0.15) is 0 Å². The van der Waals surface area contributed by atoms with E-state index in [0.717, 1.165) is 19.3 Å². The van der Waals surface area contributed by atoms with Gasteiger partial charge in [-0.25, -0.2) is 0 Å². The SMILES string of the molecule is O=C(N[C@@H](C(=O)NNC(=O)C12CC3CC(CC(C3)C1)C2)c1ccccc1)c1cccs1. The van der Waals surface area contributed by atoms with Crippen LogP contribution in [-0.4, -0.2) is 17.7 Å². The van der Waals surface area contributed by atoms with Crippen LogP contribution in [0.1, 0.15) is 59.8 Å². The van der Waals surface area contributed by atoms with Gasteiger partial charge in [0.05, 0.1) is 10.3 Å². The van der Waals surface area contributed by atoms with Gasteiger partial charge < -0.3 is 5.32 Å². The average Bonchev–Trinajstić information content (AvgIpc) is 3.30. The normalized spacial score (nSPS) is 29.2. The zero-order chi connectivity index (χ0) is 21.4. The van der Waals surface area contributed by atoms with Crippen molar-refractivity contribution in [1.82, 2.24) is 16.2 Å². The highest BCUT2D eigenvalue weighted by molar-refractivity contribution is 7.12. The van der Waals surface area contributed by atoms with Gasteiger partial charge in [0.1, 0.15) is 6.04 Å². The largest absolute Gasteiger partial charge is 0.336 e. The molecule has 0 spiro atoms. The molecule has 0 saturated heterocycles. The molecule has 6 nitrogen and oxygen atoms in total. The Bertz CT molecular complexity index is 938. The van der Waals surface area contributed by atoms with Crippen molar-refractivity contribution in [2.75, 3.05) is 0 Å².